The van der Waals surface area contributed by atoms with Crippen LogP contribution in [0.3, 0.4) is 0 Å². The summed E-state index contributed by atoms with van der Waals surface area (Å²) >= 11 is 0. The van der Waals surface area contributed by atoms with Gasteiger partial charge in [-0.3, -0.25) is 4.79 Å². The topological polar surface area (TPSA) is 94.0 Å². The van der Waals surface area contributed by atoms with Gasteiger partial charge >= 0.3 is 0 Å². The van der Waals surface area contributed by atoms with Gasteiger partial charge in [-0.05, 0) is 49.9 Å². The molecule has 4 rings (SSSR count). The first kappa shape index (κ1) is 16.6. The maximum absolute atomic E-state index is 13.1. The van der Waals surface area contributed by atoms with Crippen molar-refractivity contribution in [2.75, 3.05) is 11.1 Å². The molecule has 0 radical (unpaired) electrons. The first-order valence-electron chi connectivity index (χ1n) is 9.03. The summed E-state index contributed by atoms with van der Waals surface area (Å²) in [5.41, 5.74) is 10.9. The largest absolute Gasteiger partial charge is 0.399 e. The molecular formula is C20H22N4O2. The maximum atomic E-state index is 13.1. The highest BCUT2D eigenvalue weighted by atomic mass is 16.5. The zero-order valence-corrected chi connectivity index (χ0v) is 15.0. The Hall–Kier alpha value is -2.89. The minimum Gasteiger partial charge on any atom is -0.399 e. The smallest absolute Gasteiger partial charge is 0.259 e. The van der Waals surface area contributed by atoms with E-state index in [-0.39, 0.29) is 5.91 Å². The minimum absolute atomic E-state index is 0.187. The van der Waals surface area contributed by atoms with Gasteiger partial charge in [-0.2, -0.15) is 0 Å². The quantitative estimate of drug-likeness (QED) is 0.673. The molecule has 2 aromatic heterocycles. The van der Waals surface area contributed by atoms with Crippen molar-refractivity contribution >= 4 is 28.4 Å². The molecule has 6 heteroatoms. The average molecular weight is 350 g/mol. The summed E-state index contributed by atoms with van der Waals surface area (Å²) in [6, 6.07) is 7.38. The van der Waals surface area contributed by atoms with Crippen molar-refractivity contribution in [2.45, 2.75) is 45.4 Å². The van der Waals surface area contributed by atoms with Gasteiger partial charge in [-0.25, -0.2) is 4.98 Å². The van der Waals surface area contributed by atoms with E-state index in [1.54, 1.807) is 6.07 Å². The number of carbonyl (C=O) groups is 1. The molecule has 0 bridgehead atoms. The van der Waals surface area contributed by atoms with Crippen LogP contribution in [0.5, 0.6) is 0 Å². The van der Waals surface area contributed by atoms with Crippen LogP contribution in [-0.2, 0) is 6.42 Å². The monoisotopic (exact) mass is 350 g/mol. The zero-order chi connectivity index (χ0) is 18.3. The van der Waals surface area contributed by atoms with Crippen molar-refractivity contribution in [1.29, 1.82) is 0 Å². The number of fused-ring (bicyclic) bond motifs is 1. The standard InChI is InChI=1S/C20H22N4O2/c1-3-4-15-18-14(10-17(12-6-7-12)23-20(18)26-24-15)19(25)22-16-9-13(21)8-5-11(16)2/h5,8-10,12H,3-4,6-7,21H2,1-2H3,(H,22,25). The van der Waals surface area contributed by atoms with Gasteiger partial charge in [0.15, 0.2) is 0 Å². The molecule has 1 fully saturated rings. The summed E-state index contributed by atoms with van der Waals surface area (Å²) in [5, 5.41) is 7.86. The van der Waals surface area contributed by atoms with Crippen molar-refractivity contribution < 1.29 is 9.32 Å². The van der Waals surface area contributed by atoms with E-state index in [4.69, 9.17) is 10.3 Å². The molecule has 2 heterocycles. The summed E-state index contributed by atoms with van der Waals surface area (Å²) in [5.74, 6) is 0.230. The van der Waals surface area contributed by atoms with E-state index < -0.39 is 0 Å². The van der Waals surface area contributed by atoms with Gasteiger partial charge in [0.2, 0.25) is 0 Å². The Morgan fingerprint density at radius 1 is 1.35 bits per heavy atom. The fourth-order valence-electron chi connectivity index (χ4n) is 3.17. The number of benzene rings is 1. The number of pyridine rings is 1. The third kappa shape index (κ3) is 3.03. The van der Waals surface area contributed by atoms with Crippen LogP contribution >= 0.6 is 0 Å². The number of nitrogens with two attached hydrogens (primary N) is 1. The van der Waals surface area contributed by atoms with Crippen molar-refractivity contribution in [3.8, 4) is 0 Å². The summed E-state index contributed by atoms with van der Waals surface area (Å²) in [6.45, 7) is 4.01. The van der Waals surface area contributed by atoms with Gasteiger partial charge in [0.25, 0.3) is 11.6 Å². The Bertz CT molecular complexity index is 989. The fourth-order valence-corrected chi connectivity index (χ4v) is 3.17. The highest BCUT2D eigenvalue weighted by Crippen LogP contribution is 2.40. The number of anilines is 2. The molecule has 134 valence electrons. The number of hydrogen-bond donors (Lipinski definition) is 2. The van der Waals surface area contributed by atoms with Crippen LogP contribution in [0.1, 0.15) is 59.4 Å². The van der Waals surface area contributed by atoms with Crippen LogP contribution < -0.4 is 11.1 Å². The number of nitrogens with zero attached hydrogens (tertiary/aromatic N) is 2. The summed E-state index contributed by atoms with van der Waals surface area (Å²) in [6.07, 6.45) is 3.87. The number of aryl methyl sites for hydroxylation is 2. The van der Waals surface area contributed by atoms with Crippen molar-refractivity contribution in [3.05, 3.63) is 46.8 Å². The maximum Gasteiger partial charge on any atom is 0.259 e. The van der Waals surface area contributed by atoms with Crippen LogP contribution in [0.4, 0.5) is 11.4 Å². The number of aromatic nitrogens is 2. The van der Waals surface area contributed by atoms with Gasteiger partial charge in [-0.1, -0.05) is 24.6 Å². The molecule has 1 aliphatic rings. The van der Waals surface area contributed by atoms with Crippen LogP contribution in [0, 0.1) is 6.92 Å². The number of amides is 1. The van der Waals surface area contributed by atoms with Crippen LogP contribution in [0.2, 0.25) is 0 Å². The molecule has 1 saturated carbocycles. The fraction of sp³-hybridized carbons (Fsp3) is 0.350. The Kier molecular flexibility index (Phi) is 4.11. The lowest BCUT2D eigenvalue weighted by molar-refractivity contribution is 0.102. The SMILES string of the molecule is CCCc1noc2nc(C3CC3)cc(C(=O)Nc3cc(N)ccc3C)c12. The molecule has 6 nitrogen and oxygen atoms in total. The predicted octanol–water partition coefficient (Wildman–Crippen LogP) is 4.20. The molecule has 0 saturated heterocycles. The first-order valence-corrected chi connectivity index (χ1v) is 9.03. The van der Waals surface area contributed by atoms with E-state index in [9.17, 15) is 4.79 Å². The molecule has 0 spiro atoms. The third-order valence-corrected chi connectivity index (χ3v) is 4.77. The summed E-state index contributed by atoms with van der Waals surface area (Å²) in [4.78, 5) is 17.7. The van der Waals surface area contributed by atoms with Crippen molar-refractivity contribution in [3.63, 3.8) is 0 Å². The number of nitrogens with one attached hydrogen (secondary N) is 1. The molecule has 0 aliphatic heterocycles. The van der Waals surface area contributed by atoms with Crippen LogP contribution in [0.25, 0.3) is 11.1 Å². The third-order valence-electron chi connectivity index (χ3n) is 4.77. The molecule has 1 aliphatic carbocycles. The second-order valence-electron chi connectivity index (χ2n) is 6.96. The van der Waals surface area contributed by atoms with Gasteiger partial charge in [-0.15, -0.1) is 0 Å². The molecule has 1 aromatic carbocycles. The normalized spacial score (nSPS) is 13.9. The molecule has 3 N–H and O–H groups in total. The van der Waals surface area contributed by atoms with Gasteiger partial charge in [0.05, 0.1) is 16.6 Å². The van der Waals surface area contributed by atoms with Gasteiger partial charge in [0.1, 0.15) is 0 Å². The molecule has 0 unspecified atom stereocenters. The average Bonchev–Trinajstić information content (AvgIpc) is 3.40. The Morgan fingerprint density at radius 2 is 2.15 bits per heavy atom. The van der Waals surface area contributed by atoms with Crippen molar-refractivity contribution in [2.24, 2.45) is 0 Å². The molecule has 0 atom stereocenters. The second-order valence-corrected chi connectivity index (χ2v) is 6.96. The van der Waals surface area contributed by atoms with Gasteiger partial charge < -0.3 is 15.6 Å². The lowest BCUT2D eigenvalue weighted by Crippen LogP contribution is -2.14. The number of carbonyl (C=O) groups excluding carboxylic acids is 1. The van der Waals surface area contributed by atoms with E-state index in [0.29, 0.717) is 28.6 Å². The Balaban J connectivity index is 1.78. The predicted molar refractivity (Wildman–Crippen MR) is 101 cm³/mol. The zero-order valence-electron chi connectivity index (χ0n) is 15.0. The lowest BCUT2D eigenvalue weighted by Gasteiger charge is -2.11. The number of rotatable bonds is 5. The number of hydrogen-bond acceptors (Lipinski definition) is 5. The molecule has 26 heavy (non-hydrogen) atoms. The highest BCUT2D eigenvalue weighted by molar-refractivity contribution is 6.12. The van der Waals surface area contributed by atoms with E-state index in [0.717, 1.165) is 48.0 Å². The number of nitrogen functional groups attached to an aromatic ring is 1. The van der Waals surface area contributed by atoms with Crippen LogP contribution in [0.15, 0.2) is 28.8 Å². The highest BCUT2D eigenvalue weighted by Gasteiger charge is 2.29. The van der Waals surface area contributed by atoms with Crippen LogP contribution in [-0.4, -0.2) is 16.0 Å². The van der Waals surface area contributed by atoms with E-state index in [1.165, 1.54) is 0 Å². The first-order chi connectivity index (χ1) is 12.6. The van der Waals surface area contributed by atoms with E-state index >= 15 is 0 Å². The van der Waals surface area contributed by atoms with E-state index in [2.05, 4.69) is 22.4 Å². The molecule has 1 amide bonds. The second kappa shape index (κ2) is 6.44. The minimum atomic E-state index is -0.187. The summed E-state index contributed by atoms with van der Waals surface area (Å²) < 4.78 is 5.44. The lowest BCUT2D eigenvalue weighted by atomic mass is 10.0. The molecule has 3 aromatic rings. The van der Waals surface area contributed by atoms with Crippen molar-refractivity contribution in [1.82, 2.24) is 10.1 Å². The Labute approximate surface area is 151 Å². The Morgan fingerprint density at radius 3 is 2.88 bits per heavy atom. The molecular weight excluding hydrogens is 328 g/mol. The van der Waals surface area contributed by atoms with Gasteiger partial charge in [0, 0.05) is 23.0 Å². The van der Waals surface area contributed by atoms with E-state index in [1.807, 2.05) is 25.1 Å². The summed E-state index contributed by atoms with van der Waals surface area (Å²) in [7, 11) is 0.